The average molecular weight is 260 g/mol. The highest BCUT2D eigenvalue weighted by Crippen LogP contribution is 2.08. The number of hydrogen-bond donors (Lipinski definition) is 0. The van der Waals surface area contributed by atoms with Crippen LogP contribution in [0, 0.1) is 0 Å². The van der Waals surface area contributed by atoms with Crippen molar-refractivity contribution in [1.29, 1.82) is 0 Å². The number of rotatable bonds is 10. The van der Waals surface area contributed by atoms with Crippen molar-refractivity contribution in [3.8, 4) is 0 Å². The quantitative estimate of drug-likeness (QED) is 0.325. The lowest BCUT2D eigenvalue weighted by atomic mass is 10.1. The molecule has 2 nitrogen and oxygen atoms in total. The second kappa shape index (κ2) is 12.3. The largest absolute Gasteiger partial charge is 0.466 e. The normalized spacial score (nSPS) is 10.6. The summed E-state index contributed by atoms with van der Waals surface area (Å²) in [4.78, 5) is 10.5. The van der Waals surface area contributed by atoms with Crippen LogP contribution in [0.5, 0.6) is 0 Å². The Balaban J connectivity index is 3.14. The summed E-state index contributed by atoms with van der Waals surface area (Å²) in [6.45, 7) is 1.93. The Hall–Kier alpha value is -1.19. The molecule has 0 atom stereocenters. The van der Waals surface area contributed by atoms with E-state index in [-0.39, 0.29) is 5.97 Å². The molecule has 0 aromatic carbocycles. The highest BCUT2D eigenvalue weighted by molar-refractivity contribution is 5.65. The van der Waals surface area contributed by atoms with E-state index in [4.69, 9.17) is 4.74 Å². The van der Waals surface area contributed by atoms with Gasteiger partial charge in [0.25, 0.3) is 6.08 Å². The maximum absolute atomic E-state index is 11.6. The van der Waals surface area contributed by atoms with E-state index in [9.17, 15) is 13.6 Å². The molecule has 0 spiro atoms. The summed E-state index contributed by atoms with van der Waals surface area (Å²) in [6, 6.07) is 0. The monoisotopic (exact) mass is 260 g/mol. The van der Waals surface area contributed by atoms with Gasteiger partial charge in [0.15, 0.2) is 0 Å². The molecule has 0 N–H and O–H groups in total. The third-order valence-electron chi connectivity index (χ3n) is 2.43. The van der Waals surface area contributed by atoms with Gasteiger partial charge in [0, 0.05) is 13.0 Å². The SMILES string of the molecule is CC(=O)OCCCCCCCC/C=C\C=C(F)F. The minimum absolute atomic E-state index is 0.222. The minimum atomic E-state index is -1.65. The first-order valence-corrected chi connectivity index (χ1v) is 6.44. The van der Waals surface area contributed by atoms with E-state index in [0.717, 1.165) is 51.0 Å². The van der Waals surface area contributed by atoms with Crippen LogP contribution in [0.25, 0.3) is 0 Å². The molecule has 104 valence electrons. The Morgan fingerprint density at radius 2 is 1.67 bits per heavy atom. The predicted molar refractivity (Wildman–Crippen MR) is 68.4 cm³/mol. The average Bonchev–Trinajstić information content (AvgIpc) is 2.29. The van der Waals surface area contributed by atoms with Crippen molar-refractivity contribution in [2.45, 2.75) is 51.9 Å². The van der Waals surface area contributed by atoms with Gasteiger partial charge in [-0.25, -0.2) is 0 Å². The molecule has 0 aliphatic carbocycles. The first kappa shape index (κ1) is 16.8. The van der Waals surface area contributed by atoms with Gasteiger partial charge in [-0.2, -0.15) is 8.78 Å². The number of unbranched alkanes of at least 4 members (excludes halogenated alkanes) is 6. The molecule has 0 bridgehead atoms. The fourth-order valence-corrected chi connectivity index (χ4v) is 1.52. The lowest BCUT2D eigenvalue weighted by Gasteiger charge is -2.01. The van der Waals surface area contributed by atoms with Gasteiger partial charge in [-0.3, -0.25) is 4.79 Å². The Kier molecular flexibility index (Phi) is 11.5. The zero-order chi connectivity index (χ0) is 13.6. The summed E-state index contributed by atoms with van der Waals surface area (Å²) in [7, 11) is 0. The molecule has 0 aromatic rings. The van der Waals surface area contributed by atoms with Gasteiger partial charge < -0.3 is 4.74 Å². The fraction of sp³-hybridized carbons (Fsp3) is 0.643. The first-order chi connectivity index (χ1) is 8.63. The molecule has 0 unspecified atom stereocenters. The topological polar surface area (TPSA) is 26.3 Å². The molecule has 0 aliphatic heterocycles. The third-order valence-corrected chi connectivity index (χ3v) is 2.43. The summed E-state index contributed by atoms with van der Waals surface area (Å²) in [5.74, 6) is -0.222. The van der Waals surface area contributed by atoms with E-state index in [1.54, 1.807) is 6.08 Å². The van der Waals surface area contributed by atoms with Crippen LogP contribution in [0.3, 0.4) is 0 Å². The molecule has 0 aromatic heterocycles. The number of carbonyl (C=O) groups excluding carboxylic acids is 1. The molecule has 0 amide bonds. The van der Waals surface area contributed by atoms with Gasteiger partial charge in [0.05, 0.1) is 6.61 Å². The first-order valence-electron chi connectivity index (χ1n) is 6.44. The molecule has 0 aliphatic rings. The van der Waals surface area contributed by atoms with Crippen LogP contribution in [0.1, 0.15) is 51.9 Å². The zero-order valence-corrected chi connectivity index (χ0v) is 11.0. The van der Waals surface area contributed by atoms with Crippen molar-refractivity contribution in [3.63, 3.8) is 0 Å². The lowest BCUT2D eigenvalue weighted by Crippen LogP contribution is -1.99. The van der Waals surface area contributed by atoms with Crippen LogP contribution in [-0.4, -0.2) is 12.6 Å². The molecule has 4 heteroatoms. The van der Waals surface area contributed by atoms with E-state index in [0.29, 0.717) is 6.61 Å². The lowest BCUT2D eigenvalue weighted by molar-refractivity contribution is -0.141. The highest BCUT2D eigenvalue weighted by atomic mass is 19.3. The Labute approximate surface area is 108 Å². The predicted octanol–water partition coefficient (Wildman–Crippen LogP) is 4.62. The summed E-state index contributed by atoms with van der Waals surface area (Å²) in [6.07, 6.45) is 9.56. The van der Waals surface area contributed by atoms with Gasteiger partial charge in [-0.15, -0.1) is 0 Å². The Morgan fingerprint density at radius 1 is 1.06 bits per heavy atom. The standard InChI is InChI=1S/C14H22F2O2/c1-13(17)18-12-10-8-6-4-2-3-5-7-9-11-14(15)16/h7,9,11H,2-6,8,10,12H2,1H3/b9-7-. The van der Waals surface area contributed by atoms with Crippen molar-refractivity contribution in [2.24, 2.45) is 0 Å². The molecule has 0 fully saturated rings. The molecular weight excluding hydrogens is 238 g/mol. The number of hydrogen-bond acceptors (Lipinski definition) is 2. The summed E-state index contributed by atoms with van der Waals surface area (Å²) in [5, 5.41) is 0. The van der Waals surface area contributed by atoms with Crippen LogP contribution in [0.2, 0.25) is 0 Å². The summed E-state index contributed by atoms with van der Waals surface area (Å²) in [5.41, 5.74) is 0. The Morgan fingerprint density at radius 3 is 2.28 bits per heavy atom. The smallest absolute Gasteiger partial charge is 0.302 e. The van der Waals surface area contributed by atoms with Crippen molar-refractivity contribution >= 4 is 5.97 Å². The molecule has 0 saturated heterocycles. The van der Waals surface area contributed by atoms with Gasteiger partial charge in [0.1, 0.15) is 0 Å². The number of esters is 1. The number of allylic oxidation sites excluding steroid dienone is 3. The summed E-state index contributed by atoms with van der Waals surface area (Å²) >= 11 is 0. The maximum Gasteiger partial charge on any atom is 0.302 e. The van der Waals surface area contributed by atoms with Crippen LogP contribution >= 0.6 is 0 Å². The van der Waals surface area contributed by atoms with Gasteiger partial charge in [-0.1, -0.05) is 37.8 Å². The summed E-state index contributed by atoms with van der Waals surface area (Å²) < 4.78 is 28.1. The highest BCUT2D eigenvalue weighted by Gasteiger charge is 1.93. The Bertz CT molecular complexity index is 269. The second-order valence-corrected chi connectivity index (χ2v) is 4.13. The second-order valence-electron chi connectivity index (χ2n) is 4.13. The van der Waals surface area contributed by atoms with Gasteiger partial charge in [-0.05, 0) is 19.3 Å². The van der Waals surface area contributed by atoms with Crippen molar-refractivity contribution < 1.29 is 18.3 Å². The van der Waals surface area contributed by atoms with E-state index in [1.807, 2.05) is 0 Å². The van der Waals surface area contributed by atoms with E-state index in [2.05, 4.69) is 0 Å². The molecule has 0 rings (SSSR count). The van der Waals surface area contributed by atoms with Crippen LogP contribution < -0.4 is 0 Å². The van der Waals surface area contributed by atoms with Gasteiger partial charge >= 0.3 is 5.97 Å². The van der Waals surface area contributed by atoms with Gasteiger partial charge in [0.2, 0.25) is 0 Å². The zero-order valence-electron chi connectivity index (χ0n) is 11.0. The molecular formula is C14H22F2O2. The number of carbonyl (C=O) groups is 1. The number of ether oxygens (including phenoxy) is 1. The van der Waals surface area contributed by atoms with Crippen LogP contribution in [-0.2, 0) is 9.53 Å². The number of halogens is 2. The minimum Gasteiger partial charge on any atom is -0.466 e. The van der Waals surface area contributed by atoms with Crippen molar-refractivity contribution in [3.05, 3.63) is 24.3 Å². The maximum atomic E-state index is 11.6. The van der Waals surface area contributed by atoms with E-state index in [1.165, 1.54) is 13.0 Å². The van der Waals surface area contributed by atoms with E-state index < -0.39 is 6.08 Å². The fourth-order valence-electron chi connectivity index (χ4n) is 1.52. The molecule has 0 radical (unpaired) electrons. The third kappa shape index (κ3) is 14.8. The van der Waals surface area contributed by atoms with Crippen LogP contribution in [0.15, 0.2) is 24.3 Å². The van der Waals surface area contributed by atoms with Crippen molar-refractivity contribution in [1.82, 2.24) is 0 Å². The molecule has 18 heavy (non-hydrogen) atoms. The van der Waals surface area contributed by atoms with Crippen molar-refractivity contribution in [2.75, 3.05) is 6.61 Å². The molecule has 0 heterocycles. The molecule has 0 saturated carbocycles. The van der Waals surface area contributed by atoms with Crippen LogP contribution in [0.4, 0.5) is 8.78 Å². The van der Waals surface area contributed by atoms with E-state index >= 15 is 0 Å².